The van der Waals surface area contributed by atoms with E-state index in [4.69, 9.17) is 0 Å². The first kappa shape index (κ1) is 19.6. The molecule has 0 radical (unpaired) electrons. The molecule has 28 heavy (non-hydrogen) atoms. The molecular weight excluding hydrogens is 417 g/mol. The third kappa shape index (κ3) is 5.42. The van der Waals surface area contributed by atoms with Gasteiger partial charge >= 0.3 is 0 Å². The first-order valence-electron chi connectivity index (χ1n) is 8.87. The first-order valence-corrected chi connectivity index (χ1v) is 12.7. The molecule has 0 bridgehead atoms. The minimum Gasteiger partial charge on any atom is -0.0889 e. The van der Waals surface area contributed by atoms with E-state index in [0.29, 0.717) is 0 Å². The highest BCUT2D eigenvalue weighted by Crippen LogP contribution is 2.46. The second-order valence-electron chi connectivity index (χ2n) is 5.89. The smallest absolute Gasteiger partial charge is 0.0325 e. The Morgan fingerprint density at radius 2 is 0.643 bits per heavy atom. The first-order chi connectivity index (χ1) is 13.9. The quantitative estimate of drug-likeness (QED) is 0.266. The van der Waals surface area contributed by atoms with Crippen molar-refractivity contribution in [3.8, 4) is 0 Å². The zero-order chi connectivity index (χ0) is 19.0. The van der Waals surface area contributed by atoms with Crippen LogP contribution in [0, 0.1) is 0 Å². The number of hydrogen-bond acceptors (Lipinski definition) is 4. The number of hydrogen-bond donors (Lipinski definition) is 0. The zero-order valence-corrected chi connectivity index (χ0v) is 18.3. The van der Waals surface area contributed by atoms with Gasteiger partial charge in [-0.3, -0.25) is 0 Å². The fourth-order valence-electron chi connectivity index (χ4n) is 2.53. The van der Waals surface area contributed by atoms with Crippen LogP contribution in [0.1, 0.15) is 0 Å². The molecule has 4 rings (SSSR count). The van der Waals surface area contributed by atoms with E-state index in [0.717, 1.165) is 0 Å². The number of rotatable bonds is 7. The van der Waals surface area contributed by atoms with E-state index in [-0.39, 0.29) is 0 Å². The second kappa shape index (κ2) is 10.2. The van der Waals surface area contributed by atoms with Gasteiger partial charge in [0.15, 0.2) is 0 Å². The van der Waals surface area contributed by atoms with Gasteiger partial charge in [0.2, 0.25) is 0 Å². The fraction of sp³-hybridized carbons (Fsp3) is 0. The average molecular weight is 435 g/mol. The Morgan fingerprint density at radius 3 is 1.04 bits per heavy atom. The van der Waals surface area contributed by atoms with Crippen molar-refractivity contribution < 1.29 is 0 Å². The second-order valence-corrected chi connectivity index (χ2v) is 10.3. The predicted octanol–water partition coefficient (Wildman–Crippen LogP) is 8.79. The lowest BCUT2D eigenvalue weighted by Gasteiger charge is -2.11. The van der Waals surface area contributed by atoms with E-state index in [1.807, 2.05) is 45.1 Å². The predicted molar refractivity (Wildman–Crippen MR) is 126 cm³/mol. The van der Waals surface area contributed by atoms with Gasteiger partial charge in [-0.2, -0.15) is 0 Å². The maximum absolute atomic E-state index is 2.20. The molecule has 0 nitrogen and oxygen atoms in total. The highest BCUT2D eigenvalue weighted by atomic mass is 33.1. The summed E-state index contributed by atoms with van der Waals surface area (Å²) in [6, 6.07) is 38.4. The van der Waals surface area contributed by atoms with Crippen LogP contribution in [0.4, 0.5) is 0 Å². The summed E-state index contributed by atoms with van der Waals surface area (Å²) in [5.74, 6) is 0. The summed E-state index contributed by atoms with van der Waals surface area (Å²) in [6.07, 6.45) is 0. The maximum Gasteiger partial charge on any atom is 0.0325 e. The van der Waals surface area contributed by atoms with Crippen LogP contribution in [-0.2, 0) is 0 Å². The van der Waals surface area contributed by atoms with Crippen LogP contribution >= 0.6 is 45.1 Å². The van der Waals surface area contributed by atoms with Crippen LogP contribution in [0.3, 0.4) is 0 Å². The lowest BCUT2D eigenvalue weighted by molar-refractivity contribution is 1.24. The fourth-order valence-corrected chi connectivity index (χ4v) is 7.23. The molecule has 4 aromatic rings. The molecule has 4 heteroatoms. The molecule has 138 valence electrons. The van der Waals surface area contributed by atoms with Crippen LogP contribution in [0.2, 0.25) is 0 Å². The van der Waals surface area contributed by atoms with E-state index in [9.17, 15) is 0 Å². The van der Waals surface area contributed by atoms with Crippen LogP contribution in [-0.4, -0.2) is 0 Å². The molecule has 0 N–H and O–H groups in total. The lowest BCUT2D eigenvalue weighted by Crippen LogP contribution is -1.79. The summed E-state index contributed by atoms with van der Waals surface area (Å²) in [5, 5.41) is 0. The molecule has 0 heterocycles. The Morgan fingerprint density at radius 1 is 0.321 bits per heavy atom. The van der Waals surface area contributed by atoms with Crippen molar-refractivity contribution in [2.45, 2.75) is 29.4 Å². The van der Waals surface area contributed by atoms with Gasteiger partial charge in [-0.05, 0) is 48.5 Å². The maximum atomic E-state index is 2.20. The van der Waals surface area contributed by atoms with Gasteiger partial charge in [0.05, 0.1) is 0 Å². The number of benzene rings is 4. The van der Waals surface area contributed by atoms with Crippen molar-refractivity contribution in [1.29, 1.82) is 0 Å². The molecule has 0 aliphatic heterocycles. The van der Waals surface area contributed by atoms with Gasteiger partial charge < -0.3 is 0 Å². The molecule has 0 unspecified atom stereocenters. The van der Waals surface area contributed by atoms with Crippen molar-refractivity contribution in [3.63, 3.8) is 0 Å². The molecule has 0 aromatic heterocycles. The van der Waals surface area contributed by atoms with Gasteiger partial charge in [-0.15, -0.1) is 0 Å². The Bertz CT molecular complexity index is 932. The van der Waals surface area contributed by atoms with Gasteiger partial charge in [0.25, 0.3) is 0 Å². The normalized spacial score (nSPS) is 10.7. The third-order valence-corrected chi connectivity index (χ3v) is 8.77. The Balaban J connectivity index is 1.50. The van der Waals surface area contributed by atoms with Crippen LogP contribution in [0.5, 0.6) is 0 Å². The molecular formula is C24H18S4. The van der Waals surface area contributed by atoms with Crippen LogP contribution < -0.4 is 0 Å². The van der Waals surface area contributed by atoms with E-state index in [2.05, 4.69) is 109 Å². The molecule has 0 fully saturated rings. The molecule has 0 saturated carbocycles. The summed E-state index contributed by atoms with van der Waals surface area (Å²) in [6.45, 7) is 0. The molecule has 0 aliphatic rings. The monoisotopic (exact) mass is 434 g/mol. The minimum atomic E-state index is 1.26. The van der Waals surface area contributed by atoms with Gasteiger partial charge in [0, 0.05) is 29.4 Å². The van der Waals surface area contributed by atoms with Crippen LogP contribution in [0.25, 0.3) is 0 Å². The van der Waals surface area contributed by atoms with Gasteiger partial charge in [0.1, 0.15) is 0 Å². The third-order valence-electron chi connectivity index (χ3n) is 3.86. The topological polar surface area (TPSA) is 0 Å². The SMILES string of the molecule is c1ccc(Sc2ccccc2SSc2ccccc2Sc2ccccc2)cc1. The highest BCUT2D eigenvalue weighted by molar-refractivity contribution is 8.76. The van der Waals surface area contributed by atoms with Crippen molar-refractivity contribution in [1.82, 2.24) is 0 Å². The van der Waals surface area contributed by atoms with Gasteiger partial charge in [-0.25, -0.2) is 0 Å². The van der Waals surface area contributed by atoms with Crippen molar-refractivity contribution >= 4 is 45.1 Å². The van der Waals surface area contributed by atoms with Crippen molar-refractivity contribution in [2.24, 2.45) is 0 Å². The Labute approximate surface area is 182 Å². The zero-order valence-electron chi connectivity index (χ0n) is 15.0. The summed E-state index contributed by atoms with van der Waals surface area (Å²) in [4.78, 5) is 7.70. The van der Waals surface area contributed by atoms with Crippen LogP contribution in [0.15, 0.2) is 139 Å². The van der Waals surface area contributed by atoms with E-state index < -0.39 is 0 Å². The summed E-state index contributed by atoms with van der Waals surface area (Å²) in [5.41, 5.74) is 0. The lowest BCUT2D eigenvalue weighted by atomic mass is 10.4. The largest absolute Gasteiger partial charge is 0.0889 e. The van der Waals surface area contributed by atoms with E-state index in [1.54, 1.807) is 0 Å². The minimum absolute atomic E-state index is 1.26. The molecule has 0 aliphatic carbocycles. The average Bonchev–Trinajstić information content (AvgIpc) is 2.76. The molecule has 4 aromatic carbocycles. The van der Waals surface area contributed by atoms with Gasteiger partial charge in [-0.1, -0.05) is 106 Å². The summed E-state index contributed by atoms with van der Waals surface area (Å²) in [7, 11) is 3.65. The summed E-state index contributed by atoms with van der Waals surface area (Å²) >= 11 is 3.63. The standard InChI is InChI=1S/C24H18S4/c1-3-11-19(12-4-1)25-21-15-7-9-17-23(21)27-28-24-18-10-8-16-22(24)26-20-13-5-2-6-14-20/h1-18H. The van der Waals surface area contributed by atoms with E-state index in [1.165, 1.54) is 29.4 Å². The van der Waals surface area contributed by atoms with Crippen molar-refractivity contribution in [3.05, 3.63) is 109 Å². The molecule has 0 saturated heterocycles. The molecule has 0 spiro atoms. The molecule has 0 amide bonds. The summed E-state index contributed by atoms with van der Waals surface area (Å²) < 4.78 is 0. The Kier molecular flexibility index (Phi) is 7.12. The molecule has 0 atom stereocenters. The Hall–Kier alpha value is -1.72. The highest BCUT2D eigenvalue weighted by Gasteiger charge is 2.09. The van der Waals surface area contributed by atoms with Crippen molar-refractivity contribution in [2.75, 3.05) is 0 Å². The van der Waals surface area contributed by atoms with E-state index >= 15 is 0 Å².